The van der Waals surface area contributed by atoms with E-state index in [1.807, 2.05) is 37.3 Å². The number of Topliss-reactive ketones (excluding diaryl/α,β-unsaturated/α-hetero) is 1. The minimum atomic E-state index is -0.884. The number of hydrogen-bond acceptors (Lipinski definition) is 6. The van der Waals surface area contributed by atoms with Gasteiger partial charge in [0.15, 0.2) is 11.5 Å². The van der Waals surface area contributed by atoms with Gasteiger partial charge < -0.3 is 24.6 Å². The van der Waals surface area contributed by atoms with Gasteiger partial charge in [-0.3, -0.25) is 9.59 Å². The topological polar surface area (TPSA) is 96.3 Å². The van der Waals surface area contributed by atoms with Crippen molar-refractivity contribution in [2.75, 3.05) is 13.7 Å². The fourth-order valence-corrected chi connectivity index (χ4v) is 4.09. The van der Waals surface area contributed by atoms with Crippen LogP contribution in [-0.4, -0.2) is 40.5 Å². The second-order valence-corrected chi connectivity index (χ2v) is 7.80. The fraction of sp³-hybridized carbons (Fsp3) is 0.185. The van der Waals surface area contributed by atoms with Gasteiger partial charge in [0.25, 0.3) is 11.7 Å². The van der Waals surface area contributed by atoms with Crippen LogP contribution in [-0.2, 0) is 16.1 Å². The smallest absolute Gasteiger partial charge is 0.295 e. The second-order valence-electron chi connectivity index (χ2n) is 7.80. The van der Waals surface area contributed by atoms with Crippen molar-refractivity contribution in [2.24, 2.45) is 0 Å². The van der Waals surface area contributed by atoms with Crippen LogP contribution in [0.25, 0.3) is 5.76 Å². The Morgan fingerprint density at radius 3 is 2.47 bits per heavy atom. The first-order valence-electron chi connectivity index (χ1n) is 10.9. The van der Waals surface area contributed by atoms with Crippen LogP contribution in [0.4, 0.5) is 0 Å². The van der Waals surface area contributed by atoms with Crippen molar-refractivity contribution in [3.8, 4) is 17.2 Å². The Labute approximate surface area is 197 Å². The summed E-state index contributed by atoms with van der Waals surface area (Å²) in [7, 11) is 1.42. The van der Waals surface area contributed by atoms with Gasteiger partial charge in [0.2, 0.25) is 0 Å². The molecule has 7 nitrogen and oxygen atoms in total. The number of ketones is 1. The molecule has 1 heterocycles. The minimum Gasteiger partial charge on any atom is -0.507 e. The van der Waals surface area contributed by atoms with E-state index in [9.17, 15) is 19.8 Å². The van der Waals surface area contributed by atoms with Gasteiger partial charge in [-0.05, 0) is 42.3 Å². The molecule has 3 aromatic rings. The molecule has 2 N–H and O–H groups in total. The molecule has 0 bridgehead atoms. The Hall–Kier alpha value is -4.26. The third-order valence-corrected chi connectivity index (χ3v) is 5.67. The second kappa shape index (κ2) is 9.70. The predicted octanol–water partition coefficient (Wildman–Crippen LogP) is 4.42. The number of likely N-dealkylation sites (tertiary alicyclic amines) is 1. The molecule has 7 heteroatoms. The van der Waals surface area contributed by atoms with E-state index in [0.717, 1.165) is 5.56 Å². The normalized spacial score (nSPS) is 17.1. The molecule has 1 fully saturated rings. The van der Waals surface area contributed by atoms with Crippen molar-refractivity contribution >= 4 is 17.4 Å². The molecule has 1 aliphatic rings. The lowest BCUT2D eigenvalue weighted by Gasteiger charge is -2.26. The number of nitrogens with zero attached hydrogens (tertiary/aromatic N) is 1. The average Bonchev–Trinajstić information content (AvgIpc) is 3.10. The average molecular weight is 459 g/mol. The van der Waals surface area contributed by atoms with Crippen molar-refractivity contribution in [3.63, 3.8) is 0 Å². The Kier molecular flexibility index (Phi) is 6.54. The summed E-state index contributed by atoms with van der Waals surface area (Å²) in [5.41, 5.74) is 1.67. The Bertz CT molecular complexity index is 1250. The largest absolute Gasteiger partial charge is 0.507 e. The summed E-state index contributed by atoms with van der Waals surface area (Å²) < 4.78 is 10.8. The van der Waals surface area contributed by atoms with Crippen molar-refractivity contribution < 1.29 is 29.3 Å². The van der Waals surface area contributed by atoms with Crippen molar-refractivity contribution in [1.29, 1.82) is 0 Å². The van der Waals surface area contributed by atoms with Crippen LogP contribution in [0.15, 0.2) is 78.4 Å². The van der Waals surface area contributed by atoms with E-state index in [1.165, 1.54) is 18.1 Å². The minimum absolute atomic E-state index is 0.0395. The molecule has 3 aromatic carbocycles. The van der Waals surface area contributed by atoms with Crippen LogP contribution in [0.5, 0.6) is 17.2 Å². The zero-order valence-corrected chi connectivity index (χ0v) is 18.9. The van der Waals surface area contributed by atoms with E-state index in [4.69, 9.17) is 9.47 Å². The fourth-order valence-electron chi connectivity index (χ4n) is 4.09. The summed E-state index contributed by atoms with van der Waals surface area (Å²) in [6.45, 7) is 2.45. The van der Waals surface area contributed by atoms with Gasteiger partial charge in [-0.2, -0.15) is 0 Å². The quantitative estimate of drug-likeness (QED) is 0.308. The SMILES string of the molecule is CCOc1cccc(C(O)=C2C(=O)C(=O)N(Cc3ccccc3)C2c2ccc(O)c(OC)c2)c1. The summed E-state index contributed by atoms with van der Waals surface area (Å²) in [5.74, 6) is -1.15. The molecule has 0 radical (unpaired) electrons. The summed E-state index contributed by atoms with van der Waals surface area (Å²) in [4.78, 5) is 27.8. The number of rotatable bonds is 7. The molecule has 0 aromatic heterocycles. The van der Waals surface area contributed by atoms with Gasteiger partial charge in [-0.1, -0.05) is 48.5 Å². The van der Waals surface area contributed by atoms with Crippen LogP contribution in [0, 0.1) is 0 Å². The number of carbonyl (C=O) groups is 2. The van der Waals surface area contributed by atoms with Crippen molar-refractivity contribution in [3.05, 3.63) is 95.1 Å². The lowest BCUT2D eigenvalue weighted by Crippen LogP contribution is -2.29. The molecule has 1 aliphatic heterocycles. The number of aliphatic hydroxyl groups excluding tert-OH is 1. The monoisotopic (exact) mass is 459 g/mol. The van der Waals surface area contributed by atoms with E-state index in [2.05, 4.69) is 0 Å². The highest BCUT2D eigenvalue weighted by Gasteiger charge is 2.46. The van der Waals surface area contributed by atoms with Gasteiger partial charge in [0.1, 0.15) is 11.5 Å². The van der Waals surface area contributed by atoms with Crippen molar-refractivity contribution in [1.82, 2.24) is 4.90 Å². The summed E-state index contributed by atoms with van der Waals surface area (Å²) in [6, 6.07) is 19.7. The number of methoxy groups -OCH3 is 1. The van der Waals surface area contributed by atoms with Crippen LogP contribution in [0.1, 0.15) is 29.7 Å². The zero-order valence-electron chi connectivity index (χ0n) is 18.9. The van der Waals surface area contributed by atoms with Crippen LogP contribution in [0.2, 0.25) is 0 Å². The molecule has 0 spiro atoms. The number of amides is 1. The predicted molar refractivity (Wildman–Crippen MR) is 127 cm³/mol. The number of carbonyl (C=O) groups excluding carboxylic acids is 2. The van der Waals surface area contributed by atoms with Gasteiger partial charge in [0, 0.05) is 12.1 Å². The molecular formula is C27H25NO6. The third kappa shape index (κ3) is 4.32. The highest BCUT2D eigenvalue weighted by molar-refractivity contribution is 6.46. The maximum absolute atomic E-state index is 13.2. The zero-order chi connectivity index (χ0) is 24.2. The van der Waals surface area contributed by atoms with E-state index in [-0.39, 0.29) is 29.4 Å². The van der Waals surface area contributed by atoms with E-state index < -0.39 is 17.7 Å². The molecule has 1 unspecified atom stereocenters. The number of benzene rings is 3. The molecule has 0 aliphatic carbocycles. The molecule has 34 heavy (non-hydrogen) atoms. The highest BCUT2D eigenvalue weighted by atomic mass is 16.5. The summed E-state index contributed by atoms with van der Waals surface area (Å²) >= 11 is 0. The van der Waals surface area contributed by atoms with Crippen LogP contribution in [0.3, 0.4) is 0 Å². The first-order valence-corrected chi connectivity index (χ1v) is 10.9. The lowest BCUT2D eigenvalue weighted by atomic mass is 9.94. The molecular weight excluding hydrogens is 434 g/mol. The maximum atomic E-state index is 13.2. The molecule has 174 valence electrons. The Morgan fingerprint density at radius 2 is 1.76 bits per heavy atom. The van der Waals surface area contributed by atoms with E-state index >= 15 is 0 Å². The first-order chi connectivity index (χ1) is 16.4. The van der Waals surface area contributed by atoms with Gasteiger partial charge in [0.05, 0.1) is 25.3 Å². The van der Waals surface area contributed by atoms with E-state index in [0.29, 0.717) is 23.5 Å². The lowest BCUT2D eigenvalue weighted by molar-refractivity contribution is -0.140. The number of hydrogen-bond donors (Lipinski definition) is 2. The number of ether oxygens (including phenoxy) is 2. The van der Waals surface area contributed by atoms with Crippen LogP contribution < -0.4 is 9.47 Å². The highest BCUT2D eigenvalue weighted by Crippen LogP contribution is 2.42. The molecule has 1 saturated heterocycles. The maximum Gasteiger partial charge on any atom is 0.295 e. The Morgan fingerprint density at radius 1 is 1.00 bits per heavy atom. The first kappa shape index (κ1) is 22.9. The number of aromatic hydroxyl groups is 1. The van der Waals surface area contributed by atoms with Gasteiger partial charge in [-0.25, -0.2) is 0 Å². The molecule has 1 amide bonds. The number of phenolic OH excluding ortho intramolecular Hbond substituents is 1. The molecule has 0 saturated carbocycles. The van der Waals surface area contributed by atoms with Crippen molar-refractivity contribution in [2.45, 2.75) is 19.5 Å². The summed E-state index contributed by atoms with van der Waals surface area (Å²) in [5, 5.41) is 21.3. The molecule has 1 atom stereocenters. The van der Waals surface area contributed by atoms with Gasteiger partial charge in [-0.15, -0.1) is 0 Å². The standard InChI is InChI=1S/C27H25NO6/c1-3-34-20-11-7-10-19(14-20)25(30)23-24(18-12-13-21(29)22(15-18)33-2)28(27(32)26(23)31)16-17-8-5-4-6-9-17/h4-15,24,29-30H,3,16H2,1-2H3. The van der Waals surface area contributed by atoms with Gasteiger partial charge >= 0.3 is 0 Å². The number of phenols is 1. The third-order valence-electron chi connectivity index (χ3n) is 5.67. The van der Waals surface area contributed by atoms with E-state index in [1.54, 1.807) is 36.4 Å². The molecule has 4 rings (SSSR count). The Balaban J connectivity index is 1.88. The summed E-state index contributed by atoms with van der Waals surface area (Å²) in [6.07, 6.45) is 0. The number of aliphatic hydroxyl groups is 1. The van der Waals surface area contributed by atoms with Crippen LogP contribution >= 0.6 is 0 Å².